The molecule has 1 atom stereocenters. The molecule has 1 aliphatic rings. The Morgan fingerprint density at radius 2 is 1.68 bits per heavy atom. The molecule has 1 unspecified atom stereocenters. The van der Waals surface area contributed by atoms with Crippen LogP contribution in [-0.4, -0.2) is 30.4 Å². The van der Waals surface area contributed by atoms with Gasteiger partial charge in [0.2, 0.25) is 0 Å². The number of carbonyl (C=O) groups excluding carboxylic acids is 2. The third kappa shape index (κ3) is 4.25. The van der Waals surface area contributed by atoms with E-state index < -0.39 is 18.3 Å². The first-order chi connectivity index (χ1) is 13.6. The number of rotatable bonds is 4. The van der Waals surface area contributed by atoms with E-state index >= 15 is 0 Å². The Morgan fingerprint density at radius 3 is 2.39 bits per heavy atom. The largest absolute Gasteiger partial charge is 0.481 e. The Bertz CT molecular complexity index is 866. The number of hydrazine groups is 1. The molecule has 0 aromatic heterocycles. The van der Waals surface area contributed by atoms with Crippen LogP contribution in [0.1, 0.15) is 31.1 Å². The molecule has 2 aromatic rings. The Kier molecular flexibility index (Phi) is 6.16. The highest BCUT2D eigenvalue weighted by Gasteiger charge is 2.30. The van der Waals surface area contributed by atoms with Crippen LogP contribution in [-0.2, 0) is 9.47 Å². The summed E-state index contributed by atoms with van der Waals surface area (Å²) in [7, 11) is 0. The van der Waals surface area contributed by atoms with Crippen LogP contribution in [0.2, 0.25) is 0 Å². The fourth-order valence-corrected chi connectivity index (χ4v) is 2.83. The molecular weight excluding hydrogens is 360 g/mol. The monoisotopic (exact) mass is 382 g/mol. The van der Waals surface area contributed by atoms with Crippen LogP contribution >= 0.6 is 0 Å². The molecule has 0 aliphatic carbocycles. The predicted molar refractivity (Wildman–Crippen MR) is 103 cm³/mol. The van der Waals surface area contributed by atoms with E-state index in [0.717, 1.165) is 10.6 Å². The number of para-hydroxylation sites is 1. The maximum absolute atomic E-state index is 12.6. The van der Waals surface area contributed by atoms with Crippen molar-refractivity contribution in [2.75, 3.05) is 13.2 Å². The van der Waals surface area contributed by atoms with Crippen LogP contribution in [0.3, 0.4) is 0 Å². The van der Waals surface area contributed by atoms with Gasteiger partial charge < -0.3 is 14.2 Å². The molecule has 7 heteroatoms. The van der Waals surface area contributed by atoms with Gasteiger partial charge in [0, 0.05) is 5.56 Å². The van der Waals surface area contributed by atoms with Crippen LogP contribution in [0.25, 0.3) is 5.70 Å². The van der Waals surface area contributed by atoms with E-state index in [1.54, 1.807) is 26.0 Å². The first-order valence-electron chi connectivity index (χ1n) is 9.07. The van der Waals surface area contributed by atoms with Gasteiger partial charge in [0.05, 0.1) is 18.9 Å². The molecular formula is C21H22N2O5. The lowest BCUT2D eigenvalue weighted by Crippen LogP contribution is -2.46. The molecule has 146 valence electrons. The highest BCUT2D eigenvalue weighted by molar-refractivity contribution is 5.86. The van der Waals surface area contributed by atoms with Gasteiger partial charge >= 0.3 is 12.2 Å². The molecule has 2 aromatic carbocycles. The van der Waals surface area contributed by atoms with Crippen LogP contribution in [0, 0.1) is 0 Å². The first-order valence-corrected chi connectivity index (χ1v) is 9.07. The smallest absolute Gasteiger partial charge is 0.433 e. The second-order valence-corrected chi connectivity index (χ2v) is 5.86. The number of amides is 2. The van der Waals surface area contributed by atoms with Gasteiger partial charge in [0.25, 0.3) is 0 Å². The molecule has 1 N–H and O–H groups in total. The van der Waals surface area contributed by atoms with E-state index in [0.29, 0.717) is 17.0 Å². The average molecular weight is 382 g/mol. The fraction of sp³-hybridized carbons (Fsp3) is 0.238. The minimum absolute atomic E-state index is 0.160. The van der Waals surface area contributed by atoms with Gasteiger partial charge in [-0.05, 0) is 37.6 Å². The van der Waals surface area contributed by atoms with Gasteiger partial charge in [0.1, 0.15) is 11.9 Å². The number of ether oxygens (including phenoxy) is 3. The minimum Gasteiger partial charge on any atom is -0.481 e. The number of hydrogen-bond acceptors (Lipinski definition) is 5. The van der Waals surface area contributed by atoms with Crippen molar-refractivity contribution >= 4 is 17.9 Å². The van der Waals surface area contributed by atoms with Crippen molar-refractivity contribution in [3.63, 3.8) is 0 Å². The lowest BCUT2D eigenvalue weighted by Gasteiger charge is -2.31. The van der Waals surface area contributed by atoms with E-state index in [1.807, 2.05) is 48.5 Å². The predicted octanol–water partition coefficient (Wildman–Crippen LogP) is 4.28. The molecule has 0 saturated carbocycles. The van der Waals surface area contributed by atoms with E-state index in [2.05, 4.69) is 5.43 Å². The SMILES string of the molecule is CCOC(=O)NN(C(=O)OCC)C1=CC(c2ccccc2)Oc2ccccc21. The standard InChI is InChI=1S/C21H22N2O5/c1-3-26-20(24)22-23(21(25)27-4-2)17-14-19(15-10-6-5-7-11-15)28-18-13-9-8-12-16(17)18/h5-14,19H,3-4H2,1-2H3,(H,22,24). The van der Waals surface area contributed by atoms with Crippen molar-refractivity contribution in [1.82, 2.24) is 10.4 Å². The van der Waals surface area contributed by atoms with Gasteiger partial charge in [-0.15, -0.1) is 0 Å². The summed E-state index contributed by atoms with van der Waals surface area (Å²) in [6.45, 7) is 3.71. The normalized spacial score (nSPS) is 14.8. The van der Waals surface area contributed by atoms with E-state index in [1.165, 1.54) is 0 Å². The Labute approximate surface area is 163 Å². The van der Waals surface area contributed by atoms with Crippen molar-refractivity contribution in [3.8, 4) is 5.75 Å². The number of benzene rings is 2. The van der Waals surface area contributed by atoms with Gasteiger partial charge in [-0.2, -0.15) is 5.01 Å². The van der Waals surface area contributed by atoms with E-state index in [-0.39, 0.29) is 13.2 Å². The molecule has 7 nitrogen and oxygen atoms in total. The molecule has 0 bridgehead atoms. The van der Waals surface area contributed by atoms with E-state index in [9.17, 15) is 9.59 Å². The topological polar surface area (TPSA) is 77.1 Å². The average Bonchev–Trinajstić information content (AvgIpc) is 2.72. The third-order valence-electron chi connectivity index (χ3n) is 4.02. The van der Waals surface area contributed by atoms with Gasteiger partial charge in [-0.25, -0.2) is 15.0 Å². The van der Waals surface area contributed by atoms with Crippen LogP contribution in [0.15, 0.2) is 60.7 Å². The number of fused-ring (bicyclic) bond motifs is 1. The second kappa shape index (κ2) is 8.94. The summed E-state index contributed by atoms with van der Waals surface area (Å²) in [5.74, 6) is 0.591. The van der Waals surface area contributed by atoms with Crippen molar-refractivity contribution in [2.24, 2.45) is 0 Å². The summed E-state index contributed by atoms with van der Waals surface area (Å²) >= 11 is 0. The number of nitrogens with zero attached hydrogens (tertiary/aromatic N) is 1. The number of carbonyl (C=O) groups is 2. The third-order valence-corrected chi connectivity index (χ3v) is 4.02. The molecule has 3 rings (SSSR count). The van der Waals surface area contributed by atoms with Crippen molar-refractivity contribution in [3.05, 3.63) is 71.8 Å². The molecule has 1 heterocycles. The molecule has 28 heavy (non-hydrogen) atoms. The van der Waals surface area contributed by atoms with Gasteiger partial charge in [0.15, 0.2) is 0 Å². The summed E-state index contributed by atoms with van der Waals surface area (Å²) in [6.07, 6.45) is -0.144. The lowest BCUT2D eigenvalue weighted by molar-refractivity contribution is 0.0949. The summed E-state index contributed by atoms with van der Waals surface area (Å²) in [5.41, 5.74) is 4.47. The van der Waals surface area contributed by atoms with Crippen molar-refractivity contribution in [1.29, 1.82) is 0 Å². The molecule has 2 amide bonds. The van der Waals surface area contributed by atoms with Gasteiger partial charge in [-0.1, -0.05) is 42.5 Å². The Hall–Kier alpha value is -3.48. The molecule has 0 radical (unpaired) electrons. The molecule has 0 fully saturated rings. The Morgan fingerprint density at radius 1 is 1.00 bits per heavy atom. The van der Waals surface area contributed by atoms with Crippen molar-refractivity contribution in [2.45, 2.75) is 20.0 Å². The van der Waals surface area contributed by atoms with Crippen LogP contribution in [0.4, 0.5) is 9.59 Å². The summed E-state index contributed by atoms with van der Waals surface area (Å²) in [4.78, 5) is 24.6. The summed E-state index contributed by atoms with van der Waals surface area (Å²) in [6, 6.07) is 16.9. The molecule has 0 saturated heterocycles. The quantitative estimate of drug-likeness (QED) is 0.799. The molecule has 1 aliphatic heterocycles. The highest BCUT2D eigenvalue weighted by atomic mass is 16.6. The van der Waals surface area contributed by atoms with Crippen molar-refractivity contribution < 1.29 is 23.8 Å². The maximum atomic E-state index is 12.6. The summed E-state index contributed by atoms with van der Waals surface area (Å²) < 4.78 is 16.2. The van der Waals surface area contributed by atoms with E-state index in [4.69, 9.17) is 14.2 Å². The van der Waals surface area contributed by atoms with Crippen LogP contribution < -0.4 is 10.2 Å². The zero-order valence-electron chi connectivity index (χ0n) is 15.8. The highest BCUT2D eigenvalue weighted by Crippen LogP contribution is 2.38. The zero-order valence-corrected chi connectivity index (χ0v) is 15.8. The Balaban J connectivity index is 2.04. The lowest BCUT2D eigenvalue weighted by atomic mass is 10.0. The van der Waals surface area contributed by atoms with Gasteiger partial charge in [-0.3, -0.25) is 0 Å². The zero-order chi connectivity index (χ0) is 19.9. The van der Waals surface area contributed by atoms with Crippen LogP contribution in [0.5, 0.6) is 5.75 Å². The molecule has 0 spiro atoms. The second-order valence-electron chi connectivity index (χ2n) is 5.86. The maximum Gasteiger partial charge on any atom is 0.433 e. The minimum atomic E-state index is -0.753. The number of nitrogens with one attached hydrogen (secondary N) is 1. The fourth-order valence-electron chi connectivity index (χ4n) is 2.83. The summed E-state index contributed by atoms with van der Waals surface area (Å²) in [5, 5.41) is 1.05. The first kappa shape index (κ1) is 19.3. The number of hydrogen-bond donors (Lipinski definition) is 1.